The number of carbonyl (C=O) groups is 1. The number of ether oxygens (including phenoxy) is 1. The molecule has 1 aliphatic heterocycles. The SMILES string of the molecule is COc1cnc(C(=O)Cc2ccc(F)c([C@]3(C)CC[C@@](F)(CF)C(N)=N3)c2)cn1. The van der Waals surface area contributed by atoms with Gasteiger partial charge in [0.25, 0.3) is 0 Å². The fourth-order valence-electron chi connectivity index (χ4n) is 3.26. The summed E-state index contributed by atoms with van der Waals surface area (Å²) in [6, 6.07) is 4.21. The van der Waals surface area contributed by atoms with Gasteiger partial charge in [-0.2, -0.15) is 0 Å². The maximum atomic E-state index is 14.5. The molecule has 0 saturated carbocycles. The van der Waals surface area contributed by atoms with Crippen LogP contribution in [-0.2, 0) is 12.0 Å². The molecule has 3 rings (SSSR count). The second-order valence-electron chi connectivity index (χ2n) is 7.23. The Morgan fingerprint density at radius 2 is 2.03 bits per heavy atom. The summed E-state index contributed by atoms with van der Waals surface area (Å²) in [7, 11) is 1.44. The Morgan fingerprint density at radius 3 is 2.62 bits per heavy atom. The van der Waals surface area contributed by atoms with E-state index in [2.05, 4.69) is 15.0 Å². The van der Waals surface area contributed by atoms with Gasteiger partial charge in [0.1, 0.15) is 24.0 Å². The quantitative estimate of drug-likeness (QED) is 0.745. The van der Waals surface area contributed by atoms with Gasteiger partial charge in [-0.3, -0.25) is 9.79 Å². The fourth-order valence-corrected chi connectivity index (χ4v) is 3.26. The molecule has 1 aromatic heterocycles. The number of ketones is 1. The highest BCUT2D eigenvalue weighted by Crippen LogP contribution is 2.40. The highest BCUT2D eigenvalue weighted by Gasteiger charge is 2.44. The largest absolute Gasteiger partial charge is 0.480 e. The zero-order valence-corrected chi connectivity index (χ0v) is 16.1. The lowest BCUT2D eigenvalue weighted by atomic mass is 9.80. The molecule has 2 atom stereocenters. The maximum Gasteiger partial charge on any atom is 0.232 e. The number of Topliss-reactive ketones (excluding diaryl/α,β-unsaturated/α-hetero) is 1. The van der Waals surface area contributed by atoms with Crippen molar-refractivity contribution < 1.29 is 22.7 Å². The molecule has 2 heterocycles. The predicted molar refractivity (Wildman–Crippen MR) is 101 cm³/mol. The Bertz CT molecular complexity index is 951. The number of nitrogens with two attached hydrogens (primary N) is 1. The van der Waals surface area contributed by atoms with Crippen LogP contribution in [0.15, 0.2) is 35.6 Å². The van der Waals surface area contributed by atoms with Crippen molar-refractivity contribution in [1.82, 2.24) is 9.97 Å². The number of hydrogen-bond acceptors (Lipinski definition) is 6. The van der Waals surface area contributed by atoms with E-state index in [0.29, 0.717) is 5.56 Å². The van der Waals surface area contributed by atoms with Crippen LogP contribution in [0.2, 0.25) is 0 Å². The first kappa shape index (κ1) is 20.8. The topological polar surface area (TPSA) is 90.5 Å². The molecule has 0 aliphatic carbocycles. The van der Waals surface area contributed by atoms with Gasteiger partial charge in [-0.1, -0.05) is 6.07 Å². The van der Waals surface area contributed by atoms with Crippen LogP contribution in [-0.4, -0.2) is 41.0 Å². The molecular formula is C20H21F3N4O2. The van der Waals surface area contributed by atoms with E-state index in [1.54, 1.807) is 6.92 Å². The number of alkyl halides is 2. The summed E-state index contributed by atoms with van der Waals surface area (Å²) in [4.78, 5) is 24.5. The van der Waals surface area contributed by atoms with Gasteiger partial charge in [0, 0.05) is 12.0 Å². The average molecular weight is 406 g/mol. The van der Waals surface area contributed by atoms with Crippen molar-refractivity contribution in [1.29, 1.82) is 0 Å². The van der Waals surface area contributed by atoms with Crippen molar-refractivity contribution in [2.75, 3.05) is 13.8 Å². The summed E-state index contributed by atoms with van der Waals surface area (Å²) in [6.45, 7) is 0.328. The van der Waals surface area contributed by atoms with Gasteiger partial charge in [0.15, 0.2) is 11.5 Å². The Morgan fingerprint density at radius 1 is 1.28 bits per heavy atom. The van der Waals surface area contributed by atoms with Gasteiger partial charge < -0.3 is 10.5 Å². The van der Waals surface area contributed by atoms with E-state index in [0.717, 1.165) is 0 Å². The molecule has 0 unspecified atom stereocenters. The third kappa shape index (κ3) is 4.08. The standard InChI is InChI=1S/C20H21F3N4O2/c1-19(5-6-20(23,11-21)18(24)27-19)13-7-12(3-4-14(13)22)8-16(28)15-9-26-17(29-2)10-25-15/h3-4,7,9-10H,5-6,8,11H2,1-2H3,(H2,24,27)/t19-,20+/m0/s1. The number of hydrogen-bond donors (Lipinski definition) is 1. The maximum absolute atomic E-state index is 14.5. The van der Waals surface area contributed by atoms with Crippen molar-refractivity contribution in [2.24, 2.45) is 10.7 Å². The van der Waals surface area contributed by atoms with Gasteiger partial charge in [0.05, 0.1) is 25.0 Å². The monoisotopic (exact) mass is 406 g/mol. The van der Waals surface area contributed by atoms with E-state index < -0.39 is 29.5 Å². The normalized spacial score (nSPS) is 24.1. The molecule has 0 bridgehead atoms. The van der Waals surface area contributed by atoms with Crippen LogP contribution in [0, 0.1) is 5.82 Å². The summed E-state index contributed by atoms with van der Waals surface area (Å²) in [6.07, 6.45) is 2.46. The number of carbonyl (C=O) groups excluding carboxylic acids is 1. The Balaban J connectivity index is 1.87. The van der Waals surface area contributed by atoms with Crippen molar-refractivity contribution >= 4 is 11.6 Å². The van der Waals surface area contributed by atoms with Crippen LogP contribution >= 0.6 is 0 Å². The van der Waals surface area contributed by atoms with E-state index in [-0.39, 0.29) is 42.2 Å². The number of benzene rings is 1. The summed E-state index contributed by atoms with van der Waals surface area (Å²) in [5.41, 5.74) is 3.01. The number of rotatable bonds is 6. The minimum Gasteiger partial charge on any atom is -0.480 e. The molecule has 29 heavy (non-hydrogen) atoms. The van der Waals surface area contributed by atoms with Crippen molar-refractivity contribution in [3.63, 3.8) is 0 Å². The third-order valence-electron chi connectivity index (χ3n) is 5.14. The van der Waals surface area contributed by atoms with Gasteiger partial charge in [-0.25, -0.2) is 23.1 Å². The third-order valence-corrected chi connectivity index (χ3v) is 5.14. The first-order valence-corrected chi connectivity index (χ1v) is 8.99. The van der Waals surface area contributed by atoms with Crippen LogP contribution in [0.3, 0.4) is 0 Å². The average Bonchev–Trinajstić information content (AvgIpc) is 2.72. The minimum atomic E-state index is -2.32. The van der Waals surface area contributed by atoms with Gasteiger partial charge in [-0.15, -0.1) is 0 Å². The highest BCUT2D eigenvalue weighted by atomic mass is 19.2. The van der Waals surface area contributed by atoms with Gasteiger partial charge >= 0.3 is 0 Å². The first-order valence-electron chi connectivity index (χ1n) is 8.99. The summed E-state index contributed by atoms with van der Waals surface area (Å²) < 4.78 is 46.8. The molecule has 154 valence electrons. The second kappa shape index (κ2) is 7.81. The number of amidine groups is 1. The van der Waals surface area contributed by atoms with Crippen molar-refractivity contribution in [2.45, 2.75) is 37.4 Å². The van der Waals surface area contributed by atoms with Crippen LogP contribution in [0.5, 0.6) is 5.88 Å². The molecule has 0 saturated heterocycles. The molecule has 1 aliphatic rings. The molecule has 1 aromatic carbocycles. The Hall–Kier alpha value is -2.97. The molecule has 0 fully saturated rings. The van der Waals surface area contributed by atoms with Crippen LogP contribution in [0.25, 0.3) is 0 Å². The van der Waals surface area contributed by atoms with Gasteiger partial charge in [0.2, 0.25) is 5.88 Å². The lowest BCUT2D eigenvalue weighted by Gasteiger charge is -2.36. The van der Waals surface area contributed by atoms with Crippen LogP contribution in [0.4, 0.5) is 13.2 Å². The lowest BCUT2D eigenvalue weighted by Crippen LogP contribution is -2.48. The molecule has 0 spiro atoms. The molecule has 6 nitrogen and oxygen atoms in total. The van der Waals surface area contributed by atoms with E-state index in [1.807, 2.05) is 0 Å². The molecule has 2 aromatic rings. The number of nitrogens with zero attached hydrogens (tertiary/aromatic N) is 3. The van der Waals surface area contributed by atoms with E-state index in [9.17, 15) is 18.0 Å². The fraction of sp³-hybridized carbons (Fsp3) is 0.400. The highest BCUT2D eigenvalue weighted by molar-refractivity contribution is 5.95. The lowest BCUT2D eigenvalue weighted by molar-refractivity contribution is 0.0987. The number of aliphatic imine (C=N–C) groups is 1. The molecule has 0 radical (unpaired) electrons. The van der Waals surface area contributed by atoms with Crippen LogP contribution < -0.4 is 10.5 Å². The minimum absolute atomic E-state index is 0.0406. The van der Waals surface area contributed by atoms with Crippen LogP contribution in [0.1, 0.15) is 41.4 Å². The number of methoxy groups -OCH3 is 1. The first-order chi connectivity index (χ1) is 13.7. The van der Waals surface area contributed by atoms with E-state index in [4.69, 9.17) is 10.5 Å². The zero-order valence-electron chi connectivity index (χ0n) is 16.1. The molecule has 9 heteroatoms. The van der Waals surface area contributed by atoms with E-state index >= 15 is 0 Å². The molecule has 2 N–H and O–H groups in total. The zero-order chi connectivity index (χ0) is 21.2. The second-order valence-corrected chi connectivity index (χ2v) is 7.23. The van der Waals surface area contributed by atoms with Crippen molar-refractivity contribution in [3.8, 4) is 5.88 Å². The Kier molecular flexibility index (Phi) is 5.59. The summed E-state index contributed by atoms with van der Waals surface area (Å²) in [5.74, 6) is -1.07. The number of aromatic nitrogens is 2. The molecule has 0 amide bonds. The number of halogens is 3. The van der Waals surface area contributed by atoms with Gasteiger partial charge in [-0.05, 0) is 37.5 Å². The predicted octanol–water partition coefficient (Wildman–Crippen LogP) is 3.09. The smallest absolute Gasteiger partial charge is 0.232 e. The molecular weight excluding hydrogens is 385 g/mol. The van der Waals surface area contributed by atoms with E-state index in [1.165, 1.54) is 37.7 Å². The Labute approximate surface area is 166 Å². The summed E-state index contributed by atoms with van der Waals surface area (Å²) in [5, 5.41) is 0. The summed E-state index contributed by atoms with van der Waals surface area (Å²) >= 11 is 0. The van der Waals surface area contributed by atoms with Crippen molar-refractivity contribution in [3.05, 3.63) is 53.2 Å².